The van der Waals surface area contributed by atoms with Crippen molar-refractivity contribution in [3.63, 3.8) is 0 Å². The molecule has 1 atom stereocenters. The molecule has 0 aliphatic carbocycles. The van der Waals surface area contributed by atoms with E-state index in [-0.39, 0.29) is 29.4 Å². The number of nitrogens with zero attached hydrogens (tertiary/aromatic N) is 4. The zero-order valence-electron chi connectivity index (χ0n) is 28.0. The molecule has 4 saturated heterocycles. The molecule has 0 saturated carbocycles. The fourth-order valence-corrected chi connectivity index (χ4v) is 8.75. The molecular formula is C36H39FN6O7S. The number of hydrogen-bond acceptors (Lipinski definition) is 11. The Kier molecular flexibility index (Phi) is 9.27. The fourth-order valence-electron chi connectivity index (χ4n) is 7.69. The van der Waals surface area contributed by atoms with Crippen LogP contribution in [0.2, 0.25) is 0 Å². The number of aromatic nitrogens is 2. The number of likely N-dealkylation sites (tertiary alicyclic amines) is 1. The Morgan fingerprint density at radius 1 is 0.941 bits per heavy atom. The van der Waals surface area contributed by atoms with E-state index in [9.17, 15) is 24.0 Å². The molecule has 8 rings (SSSR count). The van der Waals surface area contributed by atoms with Crippen molar-refractivity contribution in [2.75, 3.05) is 50.9 Å². The second-order valence-electron chi connectivity index (χ2n) is 14.0. The maximum absolute atomic E-state index is 15.0. The van der Waals surface area contributed by atoms with Crippen LogP contribution in [-0.4, -0.2) is 107 Å². The number of nitrogens with one attached hydrogen (secondary N) is 2. The minimum absolute atomic E-state index is 0.0563. The van der Waals surface area contributed by atoms with Crippen LogP contribution in [0.5, 0.6) is 5.75 Å². The number of carbonyl (C=O) groups excluding carboxylic acids is 4. The highest BCUT2D eigenvalue weighted by molar-refractivity contribution is 7.99. The Morgan fingerprint density at radius 2 is 1.71 bits per heavy atom. The predicted octanol–water partition coefficient (Wildman–Crippen LogP) is 2.86. The summed E-state index contributed by atoms with van der Waals surface area (Å²) in [6, 6.07) is 7.52. The van der Waals surface area contributed by atoms with Crippen molar-refractivity contribution in [1.29, 1.82) is 0 Å². The monoisotopic (exact) mass is 718 g/mol. The van der Waals surface area contributed by atoms with E-state index in [1.54, 1.807) is 30.0 Å². The highest BCUT2D eigenvalue weighted by Gasteiger charge is 2.45. The first-order valence-electron chi connectivity index (χ1n) is 17.6. The summed E-state index contributed by atoms with van der Waals surface area (Å²) in [6.45, 7) is 5.32. The SMILES string of the molecule is O=C1CCC(N2C(=O)c3ccc(N4CC(N5CCC(COc6cc(F)c7c(=O)[nH]c(CSC8CCOCC8)nc7c6)CC5)C4)cc3C2=O)C(=O)N1. The molecule has 2 N–H and O–H groups in total. The van der Waals surface area contributed by atoms with Gasteiger partial charge in [0, 0.05) is 61.8 Å². The second kappa shape index (κ2) is 14.0. The molecule has 15 heteroatoms. The molecule has 5 aliphatic rings. The van der Waals surface area contributed by atoms with Crippen LogP contribution < -0.4 is 20.5 Å². The molecule has 268 valence electrons. The van der Waals surface area contributed by atoms with Crippen LogP contribution in [0.25, 0.3) is 10.9 Å². The lowest BCUT2D eigenvalue weighted by molar-refractivity contribution is -0.136. The minimum Gasteiger partial charge on any atom is -0.493 e. The van der Waals surface area contributed by atoms with Gasteiger partial charge >= 0.3 is 0 Å². The van der Waals surface area contributed by atoms with Crippen LogP contribution in [-0.2, 0) is 20.1 Å². The zero-order valence-corrected chi connectivity index (χ0v) is 28.8. The number of anilines is 1. The topological polar surface area (TPSA) is 154 Å². The van der Waals surface area contributed by atoms with E-state index in [1.165, 1.54) is 6.07 Å². The van der Waals surface area contributed by atoms with E-state index in [1.807, 2.05) is 6.07 Å². The second-order valence-corrected chi connectivity index (χ2v) is 15.2. The summed E-state index contributed by atoms with van der Waals surface area (Å²) >= 11 is 1.73. The first kappa shape index (κ1) is 33.8. The third-order valence-corrected chi connectivity index (χ3v) is 12.1. The Morgan fingerprint density at radius 3 is 2.47 bits per heavy atom. The summed E-state index contributed by atoms with van der Waals surface area (Å²) in [5.74, 6) is -0.936. The van der Waals surface area contributed by atoms with Gasteiger partial charge in [-0.1, -0.05) is 0 Å². The number of piperidine rings is 2. The molecule has 2 aromatic carbocycles. The van der Waals surface area contributed by atoms with Gasteiger partial charge < -0.3 is 19.4 Å². The number of benzene rings is 2. The summed E-state index contributed by atoms with van der Waals surface area (Å²) in [7, 11) is 0. The summed E-state index contributed by atoms with van der Waals surface area (Å²) in [4.78, 5) is 75.9. The molecule has 0 radical (unpaired) electrons. The first-order chi connectivity index (χ1) is 24.7. The van der Waals surface area contributed by atoms with Crippen LogP contribution in [0.1, 0.15) is 65.1 Å². The number of H-pyrrole nitrogens is 1. The van der Waals surface area contributed by atoms with Crippen LogP contribution >= 0.6 is 11.8 Å². The van der Waals surface area contributed by atoms with Crippen LogP contribution in [0.3, 0.4) is 0 Å². The number of fused-ring (bicyclic) bond motifs is 2. The van der Waals surface area contributed by atoms with Gasteiger partial charge in [-0.25, -0.2) is 9.37 Å². The van der Waals surface area contributed by atoms with Gasteiger partial charge in [0.25, 0.3) is 17.4 Å². The molecule has 13 nitrogen and oxygen atoms in total. The average Bonchev–Trinajstić information content (AvgIpc) is 3.34. The molecule has 1 aromatic heterocycles. The third-order valence-electron chi connectivity index (χ3n) is 10.7. The van der Waals surface area contributed by atoms with Crippen LogP contribution in [0, 0.1) is 11.7 Å². The molecule has 1 unspecified atom stereocenters. The zero-order chi connectivity index (χ0) is 35.2. The van der Waals surface area contributed by atoms with E-state index in [0.717, 1.165) is 75.7 Å². The normalized spacial score (nSPS) is 22.4. The van der Waals surface area contributed by atoms with E-state index in [4.69, 9.17) is 9.47 Å². The molecule has 4 amide bonds. The number of hydrogen-bond donors (Lipinski definition) is 2. The number of amides is 4. The van der Waals surface area contributed by atoms with Gasteiger partial charge in [-0.2, -0.15) is 11.8 Å². The highest BCUT2D eigenvalue weighted by Crippen LogP contribution is 2.34. The third kappa shape index (κ3) is 6.74. The molecule has 3 aromatic rings. The number of halogens is 1. The summed E-state index contributed by atoms with van der Waals surface area (Å²) in [5, 5.41) is 2.62. The van der Waals surface area contributed by atoms with E-state index in [0.29, 0.717) is 46.7 Å². The first-order valence-corrected chi connectivity index (χ1v) is 18.7. The van der Waals surface area contributed by atoms with E-state index in [2.05, 4.69) is 25.1 Å². The largest absolute Gasteiger partial charge is 0.493 e. The van der Waals surface area contributed by atoms with E-state index < -0.39 is 41.0 Å². The summed E-state index contributed by atoms with van der Waals surface area (Å²) in [5.41, 5.74) is 1.22. The average molecular weight is 719 g/mol. The molecule has 5 aliphatic heterocycles. The van der Waals surface area contributed by atoms with Crippen molar-refractivity contribution in [3.8, 4) is 5.75 Å². The van der Waals surface area contributed by atoms with Crippen molar-refractivity contribution < 1.29 is 33.0 Å². The molecular weight excluding hydrogens is 679 g/mol. The summed E-state index contributed by atoms with van der Waals surface area (Å²) < 4.78 is 26.5. The minimum atomic E-state index is -0.985. The standard InChI is InChI=1S/C36H39FN6O7S/c37-27-14-23(15-28-32(27)34(46)39-30(38-28)19-51-24-7-11-49-12-8-24)50-18-20-5-9-41(10-6-20)22-16-42(17-22)21-1-2-25-26(13-21)36(48)43(35(25)47)29-3-4-31(44)40-33(29)45/h1-2,13-15,20,22,24,29H,3-12,16-19H2,(H,38,39,46)(H,40,44,45). The Balaban J connectivity index is 0.824. The number of rotatable bonds is 9. The maximum Gasteiger partial charge on any atom is 0.262 e. The number of imide groups is 2. The van der Waals surface area contributed by atoms with Gasteiger partial charge in [-0.3, -0.25) is 39.1 Å². The Bertz CT molecular complexity index is 1950. The van der Waals surface area contributed by atoms with E-state index >= 15 is 4.39 Å². The smallest absolute Gasteiger partial charge is 0.262 e. The fraction of sp³-hybridized carbons (Fsp3) is 0.500. The number of thioether (sulfide) groups is 1. The molecule has 0 spiro atoms. The van der Waals surface area contributed by atoms with Gasteiger partial charge in [0.1, 0.15) is 28.8 Å². The summed E-state index contributed by atoms with van der Waals surface area (Å²) in [6.07, 6.45) is 4.00. The van der Waals surface area contributed by atoms with Crippen LogP contribution in [0.4, 0.5) is 10.1 Å². The van der Waals surface area contributed by atoms with Gasteiger partial charge in [0.05, 0.1) is 29.0 Å². The lowest BCUT2D eigenvalue weighted by Gasteiger charge is -2.48. The van der Waals surface area contributed by atoms with Crippen LogP contribution in [0.15, 0.2) is 35.1 Å². The quantitative estimate of drug-likeness (QED) is 0.314. The molecule has 0 bridgehead atoms. The van der Waals surface area contributed by atoms with Crippen molar-refractivity contribution in [2.24, 2.45) is 5.92 Å². The van der Waals surface area contributed by atoms with Gasteiger partial charge in [-0.05, 0) is 69.3 Å². The van der Waals surface area contributed by atoms with Gasteiger partial charge in [0.15, 0.2) is 0 Å². The van der Waals surface area contributed by atoms with Gasteiger partial charge in [-0.15, -0.1) is 0 Å². The lowest BCUT2D eigenvalue weighted by Crippen LogP contribution is -2.61. The maximum atomic E-state index is 15.0. The molecule has 6 heterocycles. The van der Waals surface area contributed by atoms with Crippen molar-refractivity contribution in [2.45, 2.75) is 61.6 Å². The molecule has 51 heavy (non-hydrogen) atoms. The van der Waals surface area contributed by atoms with Crippen molar-refractivity contribution in [1.82, 2.24) is 25.1 Å². The number of carbonyl (C=O) groups is 4. The Hall–Kier alpha value is -4.34. The predicted molar refractivity (Wildman–Crippen MR) is 186 cm³/mol. The number of aromatic amines is 1. The highest BCUT2D eigenvalue weighted by atomic mass is 32.2. The Labute approximate surface area is 297 Å². The lowest BCUT2D eigenvalue weighted by atomic mass is 9.94. The molecule has 4 fully saturated rings. The van der Waals surface area contributed by atoms with Crippen molar-refractivity contribution in [3.05, 3.63) is 63.5 Å². The van der Waals surface area contributed by atoms with Gasteiger partial charge in [0.2, 0.25) is 11.8 Å². The van der Waals surface area contributed by atoms with Crippen molar-refractivity contribution >= 4 is 52.0 Å². The number of ether oxygens (including phenoxy) is 2.